The zero-order valence-corrected chi connectivity index (χ0v) is 17.3. The highest BCUT2D eigenvalue weighted by Gasteiger charge is 2.56. The number of rotatable bonds is 8. The highest BCUT2D eigenvalue weighted by Crippen LogP contribution is 2.46. The van der Waals surface area contributed by atoms with Crippen LogP contribution in [0.1, 0.15) is 19.3 Å². The van der Waals surface area contributed by atoms with E-state index in [4.69, 9.17) is 0 Å². The van der Waals surface area contributed by atoms with Crippen LogP contribution in [-0.4, -0.2) is 82.0 Å². The molecule has 0 bridgehead atoms. The first-order valence-electron chi connectivity index (χ1n) is 10.2. The molecule has 1 saturated carbocycles. The molecule has 0 unspecified atom stereocenters. The van der Waals surface area contributed by atoms with Gasteiger partial charge in [0.15, 0.2) is 0 Å². The number of carbonyl (C=O) groups excluding carboxylic acids is 2. The number of piperazine rings is 1. The zero-order chi connectivity index (χ0) is 20.1. The van der Waals surface area contributed by atoms with Crippen LogP contribution >= 0.6 is 0 Å². The molecule has 7 nitrogen and oxygen atoms in total. The summed E-state index contributed by atoms with van der Waals surface area (Å²) in [5.74, 6) is -0.331. The topological polar surface area (TPSA) is 67.9 Å². The van der Waals surface area contributed by atoms with Crippen LogP contribution in [0.3, 0.4) is 0 Å². The predicted molar refractivity (Wildman–Crippen MR) is 113 cm³/mol. The monoisotopic (exact) mass is 387 g/mol. The first-order valence-corrected chi connectivity index (χ1v) is 10.2. The Kier molecular flexibility index (Phi) is 6.57. The van der Waals surface area contributed by atoms with Crippen molar-refractivity contribution in [2.45, 2.75) is 19.3 Å². The van der Waals surface area contributed by atoms with E-state index in [0.29, 0.717) is 19.4 Å². The first kappa shape index (κ1) is 20.6. The summed E-state index contributed by atoms with van der Waals surface area (Å²) in [6, 6.07) is 7.94. The van der Waals surface area contributed by atoms with Gasteiger partial charge >= 0.3 is 0 Å². The third-order valence-corrected chi connectivity index (χ3v) is 5.68. The normalized spacial score (nSPS) is 18.8. The molecule has 3 rings (SSSR count). The standard InChI is InChI=1S/C21H33N5O2/c1-24(2)12-4-11-22-19(27)21(9-10-21)20(28)23-17-5-7-18(8-6-17)26-15-13-25(3)14-16-26/h5-8H,4,9-16H2,1-3H3,(H,22,27)(H,23,28). The molecule has 2 amide bonds. The molecule has 0 aromatic heterocycles. The molecular formula is C21H33N5O2. The zero-order valence-electron chi connectivity index (χ0n) is 17.3. The average molecular weight is 388 g/mol. The number of carbonyl (C=O) groups is 2. The van der Waals surface area contributed by atoms with E-state index < -0.39 is 5.41 Å². The molecular weight excluding hydrogens is 354 g/mol. The lowest BCUT2D eigenvalue weighted by atomic mass is 10.0. The van der Waals surface area contributed by atoms with Crippen molar-refractivity contribution in [2.24, 2.45) is 5.41 Å². The number of hydrogen-bond acceptors (Lipinski definition) is 5. The van der Waals surface area contributed by atoms with Gasteiger partial charge in [0, 0.05) is 44.1 Å². The van der Waals surface area contributed by atoms with Crippen LogP contribution in [0.4, 0.5) is 11.4 Å². The van der Waals surface area contributed by atoms with E-state index in [1.807, 2.05) is 38.4 Å². The molecule has 0 radical (unpaired) electrons. The lowest BCUT2D eigenvalue weighted by Crippen LogP contribution is -2.44. The molecule has 2 N–H and O–H groups in total. The molecule has 1 heterocycles. The number of likely N-dealkylation sites (N-methyl/N-ethyl adjacent to an activating group) is 1. The average Bonchev–Trinajstić information content (AvgIpc) is 3.48. The van der Waals surface area contributed by atoms with Crippen LogP contribution in [0.2, 0.25) is 0 Å². The van der Waals surface area contributed by atoms with E-state index in [2.05, 4.69) is 32.4 Å². The minimum Gasteiger partial charge on any atom is -0.369 e. The van der Waals surface area contributed by atoms with Crippen molar-refractivity contribution in [3.8, 4) is 0 Å². The SMILES string of the molecule is CN(C)CCCNC(=O)C1(C(=O)Nc2ccc(N3CCN(C)CC3)cc2)CC1. The fraction of sp³-hybridized carbons (Fsp3) is 0.619. The van der Waals surface area contributed by atoms with Crippen LogP contribution in [-0.2, 0) is 9.59 Å². The van der Waals surface area contributed by atoms with Crippen molar-refractivity contribution >= 4 is 23.2 Å². The largest absolute Gasteiger partial charge is 0.369 e. The van der Waals surface area contributed by atoms with Crippen molar-refractivity contribution in [3.05, 3.63) is 24.3 Å². The van der Waals surface area contributed by atoms with Crippen molar-refractivity contribution in [1.82, 2.24) is 15.1 Å². The number of anilines is 2. The summed E-state index contributed by atoms with van der Waals surface area (Å²) < 4.78 is 0. The first-order chi connectivity index (χ1) is 13.4. The number of benzene rings is 1. The fourth-order valence-electron chi connectivity index (χ4n) is 3.52. The Morgan fingerprint density at radius 3 is 2.25 bits per heavy atom. The second kappa shape index (κ2) is 8.92. The van der Waals surface area contributed by atoms with E-state index in [0.717, 1.165) is 44.8 Å². The lowest BCUT2D eigenvalue weighted by Gasteiger charge is -2.34. The maximum atomic E-state index is 12.7. The smallest absolute Gasteiger partial charge is 0.240 e. The summed E-state index contributed by atoms with van der Waals surface area (Å²) in [7, 11) is 6.15. The molecule has 28 heavy (non-hydrogen) atoms. The van der Waals surface area contributed by atoms with Gasteiger partial charge < -0.3 is 25.3 Å². The third kappa shape index (κ3) is 5.02. The Balaban J connectivity index is 1.50. The van der Waals surface area contributed by atoms with Gasteiger partial charge in [0.1, 0.15) is 5.41 Å². The van der Waals surface area contributed by atoms with Crippen LogP contribution < -0.4 is 15.5 Å². The minimum atomic E-state index is -0.881. The van der Waals surface area contributed by atoms with Gasteiger partial charge in [-0.3, -0.25) is 9.59 Å². The number of amides is 2. The lowest BCUT2D eigenvalue weighted by molar-refractivity contribution is -0.134. The van der Waals surface area contributed by atoms with Crippen LogP contribution in [0, 0.1) is 5.41 Å². The van der Waals surface area contributed by atoms with Gasteiger partial charge in [-0.25, -0.2) is 0 Å². The Morgan fingerprint density at radius 2 is 1.68 bits per heavy atom. The van der Waals surface area contributed by atoms with E-state index in [1.165, 1.54) is 5.69 Å². The molecule has 1 aliphatic heterocycles. The summed E-state index contributed by atoms with van der Waals surface area (Å²) in [5.41, 5.74) is 1.04. The quantitative estimate of drug-likeness (QED) is 0.519. The van der Waals surface area contributed by atoms with Crippen molar-refractivity contribution < 1.29 is 9.59 Å². The molecule has 1 saturated heterocycles. The minimum absolute atomic E-state index is 0.141. The van der Waals surface area contributed by atoms with E-state index in [1.54, 1.807) is 0 Å². The molecule has 7 heteroatoms. The van der Waals surface area contributed by atoms with E-state index in [9.17, 15) is 9.59 Å². The van der Waals surface area contributed by atoms with Crippen molar-refractivity contribution in [2.75, 3.05) is 70.6 Å². The fourth-order valence-corrected chi connectivity index (χ4v) is 3.52. The summed E-state index contributed by atoms with van der Waals surface area (Å²) in [6.07, 6.45) is 2.12. The van der Waals surface area contributed by atoms with Gasteiger partial charge in [-0.1, -0.05) is 0 Å². The summed E-state index contributed by atoms with van der Waals surface area (Å²) >= 11 is 0. The summed E-state index contributed by atoms with van der Waals surface area (Å²) in [5, 5.41) is 5.86. The number of nitrogens with zero attached hydrogens (tertiary/aromatic N) is 3. The Hall–Kier alpha value is -2.12. The molecule has 154 valence electrons. The number of nitrogens with one attached hydrogen (secondary N) is 2. The van der Waals surface area contributed by atoms with Crippen LogP contribution in [0.15, 0.2) is 24.3 Å². The van der Waals surface area contributed by atoms with Gasteiger partial charge in [-0.05, 0) is 71.2 Å². The Labute approximate surface area is 168 Å². The predicted octanol–water partition coefficient (Wildman–Crippen LogP) is 1.23. The summed E-state index contributed by atoms with van der Waals surface area (Å²) in [4.78, 5) is 32.0. The van der Waals surface area contributed by atoms with Crippen LogP contribution in [0.25, 0.3) is 0 Å². The van der Waals surface area contributed by atoms with Crippen LogP contribution in [0.5, 0.6) is 0 Å². The molecule has 1 aromatic carbocycles. The maximum Gasteiger partial charge on any atom is 0.240 e. The molecule has 2 aliphatic rings. The second-order valence-electron chi connectivity index (χ2n) is 8.29. The van der Waals surface area contributed by atoms with Crippen molar-refractivity contribution in [3.63, 3.8) is 0 Å². The molecule has 1 aliphatic carbocycles. The maximum absolute atomic E-state index is 12.7. The molecule has 0 atom stereocenters. The summed E-state index contributed by atoms with van der Waals surface area (Å²) in [6.45, 7) is 5.67. The molecule has 0 spiro atoms. The highest BCUT2D eigenvalue weighted by molar-refractivity contribution is 6.13. The number of hydrogen-bond donors (Lipinski definition) is 2. The molecule has 2 fully saturated rings. The molecule has 1 aromatic rings. The second-order valence-corrected chi connectivity index (χ2v) is 8.29. The van der Waals surface area contributed by atoms with Gasteiger partial charge in [-0.2, -0.15) is 0 Å². The third-order valence-electron chi connectivity index (χ3n) is 5.68. The van der Waals surface area contributed by atoms with E-state index >= 15 is 0 Å². The van der Waals surface area contributed by atoms with Gasteiger partial charge in [-0.15, -0.1) is 0 Å². The Bertz CT molecular complexity index is 677. The van der Waals surface area contributed by atoms with Crippen molar-refractivity contribution in [1.29, 1.82) is 0 Å². The van der Waals surface area contributed by atoms with Gasteiger partial charge in [0.25, 0.3) is 0 Å². The highest BCUT2D eigenvalue weighted by atomic mass is 16.2. The van der Waals surface area contributed by atoms with Gasteiger partial charge in [0.2, 0.25) is 11.8 Å². The Morgan fingerprint density at radius 1 is 1.04 bits per heavy atom. The van der Waals surface area contributed by atoms with Gasteiger partial charge in [0.05, 0.1) is 0 Å². The van der Waals surface area contributed by atoms with E-state index in [-0.39, 0.29) is 11.8 Å².